The van der Waals surface area contributed by atoms with Crippen LogP contribution in [0.1, 0.15) is 25.3 Å². The fraction of sp³-hybridized carbons (Fsp3) is 0.462. The number of nitrogens with zero attached hydrogens (tertiary/aromatic N) is 1. The third kappa shape index (κ3) is 3.43. The second-order valence-corrected chi connectivity index (χ2v) is 6.68. The average molecular weight is 348 g/mol. The van der Waals surface area contributed by atoms with E-state index in [4.69, 9.17) is 16.6 Å². The maximum atomic E-state index is 6.15. The summed E-state index contributed by atoms with van der Waals surface area (Å²) in [6.45, 7) is 4.18. The van der Waals surface area contributed by atoms with Crippen molar-refractivity contribution in [1.29, 1.82) is 0 Å². The van der Waals surface area contributed by atoms with Gasteiger partial charge in [0.2, 0.25) is 0 Å². The highest BCUT2D eigenvalue weighted by atomic mass is 79.9. The third-order valence-electron chi connectivity index (χ3n) is 2.95. The Bertz CT molecular complexity index is 476. The number of halogens is 2. The van der Waals surface area contributed by atoms with Crippen LogP contribution in [0, 0.1) is 6.92 Å². The van der Waals surface area contributed by atoms with Crippen molar-refractivity contribution in [2.75, 3.05) is 11.1 Å². The van der Waals surface area contributed by atoms with Crippen LogP contribution in [-0.4, -0.2) is 17.0 Å². The molecule has 5 heteroatoms. The van der Waals surface area contributed by atoms with Crippen molar-refractivity contribution in [3.63, 3.8) is 0 Å². The highest BCUT2D eigenvalue weighted by Crippen LogP contribution is 2.31. The van der Waals surface area contributed by atoms with Crippen LogP contribution in [0.2, 0.25) is 5.02 Å². The number of aryl methyl sites for hydroxylation is 1. The minimum Gasteiger partial charge on any atom is -0.334 e. The normalized spacial score (nSPS) is 19.6. The Morgan fingerprint density at radius 1 is 1.56 bits per heavy atom. The molecule has 0 aromatic heterocycles. The number of nitrogens with one attached hydrogen (secondary N) is 1. The molecule has 0 aliphatic carbocycles. The number of rotatable bonds is 2. The molecule has 2 rings (SSSR count). The average Bonchev–Trinajstić information content (AvgIpc) is 2.36. The Kier molecular flexibility index (Phi) is 4.98. The van der Waals surface area contributed by atoms with Crippen LogP contribution >= 0.6 is 39.3 Å². The van der Waals surface area contributed by atoms with E-state index in [9.17, 15) is 0 Å². The van der Waals surface area contributed by atoms with Crippen LogP contribution in [0.15, 0.2) is 21.6 Å². The predicted molar refractivity (Wildman–Crippen MR) is 86.1 cm³/mol. The number of thioether (sulfide) groups is 1. The number of hydrogen-bond donors (Lipinski definition) is 1. The first-order valence-corrected chi connectivity index (χ1v) is 8.19. The van der Waals surface area contributed by atoms with Gasteiger partial charge in [0, 0.05) is 15.2 Å². The molecule has 0 spiro atoms. The van der Waals surface area contributed by atoms with Gasteiger partial charge in [-0.15, -0.1) is 0 Å². The zero-order valence-electron chi connectivity index (χ0n) is 10.5. The van der Waals surface area contributed by atoms with Gasteiger partial charge in [-0.05, 0) is 53.4 Å². The standard InChI is InChI=1S/C13H16BrClN2S/c1-3-9-4-5-18-13(16-9)17-12-7-11(15)8(2)6-10(12)14/h6-7,9H,3-5H2,1-2H3,(H,16,17). The van der Waals surface area contributed by atoms with Gasteiger partial charge in [0.05, 0.1) is 11.7 Å². The largest absolute Gasteiger partial charge is 0.334 e. The van der Waals surface area contributed by atoms with Crippen molar-refractivity contribution in [3.8, 4) is 0 Å². The number of aliphatic imine (C=N–C) groups is 1. The topological polar surface area (TPSA) is 24.4 Å². The number of benzene rings is 1. The van der Waals surface area contributed by atoms with Crippen molar-refractivity contribution < 1.29 is 0 Å². The van der Waals surface area contributed by atoms with E-state index in [1.54, 1.807) is 11.8 Å². The summed E-state index contributed by atoms with van der Waals surface area (Å²) < 4.78 is 1.02. The van der Waals surface area contributed by atoms with Gasteiger partial charge in [0.1, 0.15) is 0 Å². The number of anilines is 1. The third-order valence-corrected chi connectivity index (χ3v) is 4.93. The monoisotopic (exact) mass is 346 g/mol. The van der Waals surface area contributed by atoms with Crippen molar-refractivity contribution in [1.82, 2.24) is 0 Å². The van der Waals surface area contributed by atoms with E-state index in [1.807, 2.05) is 19.1 Å². The van der Waals surface area contributed by atoms with E-state index in [1.165, 1.54) is 6.42 Å². The summed E-state index contributed by atoms with van der Waals surface area (Å²) in [5, 5.41) is 5.13. The van der Waals surface area contributed by atoms with Crippen LogP contribution in [0.3, 0.4) is 0 Å². The van der Waals surface area contributed by atoms with Gasteiger partial charge in [0.15, 0.2) is 5.17 Å². The quantitative estimate of drug-likeness (QED) is 0.805. The summed E-state index contributed by atoms with van der Waals surface area (Å²) in [6.07, 6.45) is 2.27. The lowest BCUT2D eigenvalue weighted by atomic mass is 10.2. The van der Waals surface area contributed by atoms with Crippen LogP contribution in [-0.2, 0) is 0 Å². The summed E-state index contributed by atoms with van der Waals surface area (Å²) in [7, 11) is 0. The fourth-order valence-electron chi connectivity index (χ4n) is 1.78. The molecule has 0 fully saturated rings. The zero-order chi connectivity index (χ0) is 13.1. The van der Waals surface area contributed by atoms with E-state index >= 15 is 0 Å². The van der Waals surface area contributed by atoms with Crippen LogP contribution in [0.25, 0.3) is 0 Å². The molecule has 1 aliphatic rings. The number of hydrogen-bond acceptors (Lipinski definition) is 3. The highest BCUT2D eigenvalue weighted by molar-refractivity contribution is 9.10. The summed E-state index contributed by atoms with van der Waals surface area (Å²) in [5.41, 5.74) is 2.05. The van der Waals surface area contributed by atoms with Crippen LogP contribution in [0.5, 0.6) is 0 Å². The van der Waals surface area contributed by atoms with Gasteiger partial charge in [-0.2, -0.15) is 0 Å². The molecule has 1 aliphatic heterocycles. The van der Waals surface area contributed by atoms with Crippen molar-refractivity contribution in [2.45, 2.75) is 32.7 Å². The zero-order valence-corrected chi connectivity index (χ0v) is 13.6. The maximum absolute atomic E-state index is 6.15. The molecule has 1 aromatic carbocycles. The molecule has 1 heterocycles. The Morgan fingerprint density at radius 3 is 3.06 bits per heavy atom. The van der Waals surface area contributed by atoms with Gasteiger partial charge in [-0.25, -0.2) is 0 Å². The first kappa shape index (κ1) is 14.2. The van der Waals surface area contributed by atoms with Crippen molar-refractivity contribution in [2.24, 2.45) is 4.99 Å². The molecule has 0 bridgehead atoms. The molecule has 1 aromatic rings. The molecular weight excluding hydrogens is 332 g/mol. The lowest BCUT2D eigenvalue weighted by molar-refractivity contribution is 0.634. The van der Waals surface area contributed by atoms with E-state index in [0.29, 0.717) is 6.04 Å². The lowest BCUT2D eigenvalue weighted by Gasteiger charge is -2.20. The van der Waals surface area contributed by atoms with E-state index < -0.39 is 0 Å². The molecule has 2 nitrogen and oxygen atoms in total. The molecule has 1 unspecified atom stereocenters. The number of amidine groups is 1. The van der Waals surface area contributed by atoms with E-state index in [0.717, 1.165) is 38.1 Å². The summed E-state index contributed by atoms with van der Waals surface area (Å²) in [5.74, 6) is 1.13. The predicted octanol–water partition coefficient (Wildman–Crippen LogP) is 5.09. The Balaban J connectivity index is 2.19. The van der Waals surface area contributed by atoms with Gasteiger partial charge >= 0.3 is 0 Å². The fourth-order valence-corrected chi connectivity index (χ4v) is 3.49. The van der Waals surface area contributed by atoms with E-state index in [2.05, 4.69) is 28.2 Å². The molecule has 1 N–H and O–H groups in total. The lowest BCUT2D eigenvalue weighted by Crippen LogP contribution is -2.19. The molecule has 1 atom stereocenters. The van der Waals surface area contributed by atoms with Crippen molar-refractivity contribution >= 4 is 50.1 Å². The minimum atomic E-state index is 0.452. The molecular formula is C13H16BrClN2S. The summed E-state index contributed by atoms with van der Waals surface area (Å²) in [4.78, 5) is 4.69. The Hall–Kier alpha value is -0.190. The first-order valence-electron chi connectivity index (χ1n) is 6.03. The smallest absolute Gasteiger partial charge is 0.161 e. The molecule has 0 saturated heterocycles. The Morgan fingerprint density at radius 2 is 2.33 bits per heavy atom. The van der Waals surface area contributed by atoms with Gasteiger partial charge in [0.25, 0.3) is 0 Å². The first-order chi connectivity index (χ1) is 8.60. The Labute approximate surface area is 126 Å². The van der Waals surface area contributed by atoms with Gasteiger partial charge in [-0.3, -0.25) is 4.99 Å². The molecule has 98 valence electrons. The molecule has 0 amide bonds. The second-order valence-electron chi connectivity index (χ2n) is 4.34. The van der Waals surface area contributed by atoms with Crippen LogP contribution in [0.4, 0.5) is 5.69 Å². The van der Waals surface area contributed by atoms with Crippen LogP contribution < -0.4 is 5.32 Å². The SMILES string of the molecule is CCC1CCSC(Nc2cc(Cl)c(C)cc2Br)=N1. The van der Waals surface area contributed by atoms with E-state index in [-0.39, 0.29) is 0 Å². The van der Waals surface area contributed by atoms with Gasteiger partial charge < -0.3 is 5.32 Å². The second kappa shape index (κ2) is 6.31. The maximum Gasteiger partial charge on any atom is 0.161 e. The summed E-state index contributed by atoms with van der Waals surface area (Å²) in [6, 6.07) is 4.42. The highest BCUT2D eigenvalue weighted by Gasteiger charge is 2.15. The molecule has 0 radical (unpaired) electrons. The minimum absolute atomic E-state index is 0.452. The summed E-state index contributed by atoms with van der Waals surface area (Å²) >= 11 is 11.5. The van der Waals surface area contributed by atoms with Gasteiger partial charge in [-0.1, -0.05) is 30.3 Å². The molecule has 0 saturated carbocycles. The van der Waals surface area contributed by atoms with Crippen molar-refractivity contribution in [3.05, 3.63) is 27.2 Å². The molecule has 18 heavy (non-hydrogen) atoms.